The number of hydrogen-bond donors (Lipinski definition) is 2. The van der Waals surface area contributed by atoms with Crippen molar-refractivity contribution < 1.29 is 14.4 Å². The molecule has 3 amide bonds. The summed E-state index contributed by atoms with van der Waals surface area (Å²) in [5.41, 5.74) is 1.80. The van der Waals surface area contributed by atoms with E-state index in [0.717, 1.165) is 5.56 Å². The minimum absolute atomic E-state index is 0.0122. The van der Waals surface area contributed by atoms with Gasteiger partial charge in [0.05, 0.1) is 4.88 Å². The molecule has 0 radical (unpaired) electrons. The van der Waals surface area contributed by atoms with E-state index in [1.807, 2.05) is 61.4 Å². The van der Waals surface area contributed by atoms with Crippen LogP contribution < -0.4 is 10.6 Å². The summed E-state index contributed by atoms with van der Waals surface area (Å²) >= 11 is 1.35. The Morgan fingerprint density at radius 3 is 2.27 bits per heavy atom. The molecule has 1 aromatic heterocycles. The molecule has 1 aliphatic heterocycles. The van der Waals surface area contributed by atoms with Gasteiger partial charge in [0.1, 0.15) is 6.04 Å². The van der Waals surface area contributed by atoms with Crippen molar-refractivity contribution in [2.24, 2.45) is 5.92 Å². The Balaban J connectivity index is 1.66. The molecule has 2 heterocycles. The Hall–Kier alpha value is -2.67. The molecule has 1 aromatic carbocycles. The SMILES string of the molecule is Cc1ccc(C(=O)N2CCC(C(NC(=O)c3cccs3)C(=O)NC(C)C)CC2)cc1. The van der Waals surface area contributed by atoms with Crippen LogP contribution in [0.4, 0.5) is 0 Å². The number of carbonyl (C=O) groups is 3. The molecule has 3 rings (SSSR count). The number of piperidine rings is 1. The number of amides is 3. The molecule has 2 aromatic rings. The first-order valence-electron chi connectivity index (χ1n) is 10.4. The molecule has 0 bridgehead atoms. The first-order chi connectivity index (χ1) is 14.3. The van der Waals surface area contributed by atoms with Gasteiger partial charge in [-0.05, 0) is 63.1 Å². The van der Waals surface area contributed by atoms with Crippen molar-refractivity contribution in [2.45, 2.75) is 45.7 Å². The lowest BCUT2D eigenvalue weighted by Gasteiger charge is -2.36. The van der Waals surface area contributed by atoms with E-state index < -0.39 is 6.04 Å². The van der Waals surface area contributed by atoms with Gasteiger partial charge in [-0.2, -0.15) is 0 Å². The molecular weight excluding hydrogens is 398 g/mol. The van der Waals surface area contributed by atoms with Gasteiger partial charge in [0.25, 0.3) is 11.8 Å². The minimum atomic E-state index is -0.612. The Kier molecular flexibility index (Phi) is 7.26. The number of carbonyl (C=O) groups excluding carboxylic acids is 3. The monoisotopic (exact) mass is 427 g/mol. The Labute approximate surface area is 181 Å². The molecule has 6 nitrogen and oxygen atoms in total. The van der Waals surface area contributed by atoms with Crippen LogP contribution in [0.1, 0.15) is 52.3 Å². The number of benzene rings is 1. The van der Waals surface area contributed by atoms with Crippen LogP contribution in [0.15, 0.2) is 41.8 Å². The first-order valence-corrected chi connectivity index (χ1v) is 11.2. The van der Waals surface area contributed by atoms with Crippen LogP contribution in [0.2, 0.25) is 0 Å². The second-order valence-electron chi connectivity index (χ2n) is 8.09. The normalized spacial score (nSPS) is 15.7. The Morgan fingerprint density at radius 1 is 1.03 bits per heavy atom. The van der Waals surface area contributed by atoms with E-state index in [1.54, 1.807) is 6.07 Å². The molecule has 1 fully saturated rings. The quantitative estimate of drug-likeness (QED) is 0.743. The van der Waals surface area contributed by atoms with E-state index in [0.29, 0.717) is 36.4 Å². The highest BCUT2D eigenvalue weighted by molar-refractivity contribution is 7.12. The van der Waals surface area contributed by atoms with E-state index in [2.05, 4.69) is 10.6 Å². The summed E-state index contributed by atoms with van der Waals surface area (Å²) in [5, 5.41) is 7.70. The topological polar surface area (TPSA) is 78.5 Å². The predicted molar refractivity (Wildman–Crippen MR) is 119 cm³/mol. The van der Waals surface area contributed by atoms with Crippen molar-refractivity contribution in [3.63, 3.8) is 0 Å². The standard InChI is InChI=1S/C23H29N3O3S/c1-15(2)24-22(28)20(25-21(27)19-5-4-14-30-19)17-10-12-26(13-11-17)23(29)18-8-6-16(3)7-9-18/h4-9,14-15,17,20H,10-13H2,1-3H3,(H,24,28)(H,25,27). The van der Waals surface area contributed by atoms with Crippen molar-refractivity contribution in [1.29, 1.82) is 0 Å². The van der Waals surface area contributed by atoms with Gasteiger partial charge in [0, 0.05) is 24.7 Å². The van der Waals surface area contributed by atoms with Gasteiger partial charge in [-0.15, -0.1) is 11.3 Å². The van der Waals surface area contributed by atoms with E-state index in [-0.39, 0.29) is 29.7 Å². The molecular formula is C23H29N3O3S. The van der Waals surface area contributed by atoms with Gasteiger partial charge in [0.2, 0.25) is 5.91 Å². The highest BCUT2D eigenvalue weighted by atomic mass is 32.1. The largest absolute Gasteiger partial charge is 0.352 e. The van der Waals surface area contributed by atoms with Crippen LogP contribution in [0, 0.1) is 12.8 Å². The molecule has 160 valence electrons. The van der Waals surface area contributed by atoms with Crippen LogP contribution >= 0.6 is 11.3 Å². The summed E-state index contributed by atoms with van der Waals surface area (Å²) in [6.45, 7) is 6.93. The highest BCUT2D eigenvalue weighted by Gasteiger charge is 2.34. The number of nitrogens with one attached hydrogen (secondary N) is 2. The van der Waals surface area contributed by atoms with Crippen LogP contribution in [0.25, 0.3) is 0 Å². The zero-order chi connectivity index (χ0) is 21.7. The van der Waals surface area contributed by atoms with Crippen molar-refractivity contribution in [3.05, 3.63) is 57.8 Å². The maximum absolute atomic E-state index is 12.8. The van der Waals surface area contributed by atoms with E-state index in [1.165, 1.54) is 11.3 Å². The molecule has 0 saturated carbocycles. The average molecular weight is 428 g/mol. The molecule has 1 atom stereocenters. The molecule has 7 heteroatoms. The summed E-state index contributed by atoms with van der Waals surface area (Å²) in [7, 11) is 0. The average Bonchev–Trinajstić information content (AvgIpc) is 3.26. The molecule has 0 spiro atoms. The Morgan fingerprint density at radius 2 is 1.70 bits per heavy atom. The highest BCUT2D eigenvalue weighted by Crippen LogP contribution is 2.23. The first kappa shape index (κ1) is 22.0. The fourth-order valence-corrected chi connectivity index (χ4v) is 4.33. The number of rotatable bonds is 6. The van der Waals surface area contributed by atoms with Crippen LogP contribution in [0.3, 0.4) is 0 Å². The zero-order valence-corrected chi connectivity index (χ0v) is 18.5. The number of hydrogen-bond acceptors (Lipinski definition) is 4. The van der Waals surface area contributed by atoms with E-state index in [9.17, 15) is 14.4 Å². The van der Waals surface area contributed by atoms with Crippen molar-refractivity contribution in [2.75, 3.05) is 13.1 Å². The van der Waals surface area contributed by atoms with Gasteiger partial charge >= 0.3 is 0 Å². The lowest BCUT2D eigenvalue weighted by atomic mass is 9.88. The molecule has 1 saturated heterocycles. The fraction of sp³-hybridized carbons (Fsp3) is 0.435. The zero-order valence-electron chi connectivity index (χ0n) is 17.7. The van der Waals surface area contributed by atoms with Gasteiger partial charge in [-0.25, -0.2) is 0 Å². The van der Waals surface area contributed by atoms with Gasteiger partial charge in [-0.3, -0.25) is 14.4 Å². The summed E-state index contributed by atoms with van der Waals surface area (Å²) in [4.78, 5) is 40.6. The number of nitrogens with zero attached hydrogens (tertiary/aromatic N) is 1. The minimum Gasteiger partial charge on any atom is -0.352 e. The third-order valence-corrected chi connectivity index (χ3v) is 6.21. The molecule has 1 unspecified atom stereocenters. The number of thiophene rings is 1. The van der Waals surface area contributed by atoms with Crippen molar-refractivity contribution in [1.82, 2.24) is 15.5 Å². The molecule has 2 N–H and O–H groups in total. The van der Waals surface area contributed by atoms with Crippen molar-refractivity contribution in [3.8, 4) is 0 Å². The maximum atomic E-state index is 12.8. The van der Waals surface area contributed by atoms with Gasteiger partial charge in [0.15, 0.2) is 0 Å². The predicted octanol–water partition coefficient (Wildman–Crippen LogP) is 3.23. The van der Waals surface area contributed by atoms with Crippen LogP contribution in [0.5, 0.6) is 0 Å². The number of aryl methyl sites for hydroxylation is 1. The van der Waals surface area contributed by atoms with Crippen molar-refractivity contribution >= 4 is 29.1 Å². The summed E-state index contributed by atoms with van der Waals surface area (Å²) in [6.07, 6.45) is 1.33. The number of likely N-dealkylation sites (tertiary alicyclic amines) is 1. The van der Waals surface area contributed by atoms with E-state index in [4.69, 9.17) is 0 Å². The Bertz CT molecular complexity index is 870. The summed E-state index contributed by atoms with van der Waals surface area (Å²) in [6, 6.07) is 10.5. The fourth-order valence-electron chi connectivity index (χ4n) is 3.71. The molecule has 0 aliphatic carbocycles. The van der Waals surface area contributed by atoms with Gasteiger partial charge in [-0.1, -0.05) is 23.8 Å². The van der Waals surface area contributed by atoms with Crippen LogP contribution in [-0.4, -0.2) is 47.8 Å². The van der Waals surface area contributed by atoms with Crippen LogP contribution in [-0.2, 0) is 4.79 Å². The molecule has 1 aliphatic rings. The summed E-state index contributed by atoms with van der Waals surface area (Å²) < 4.78 is 0. The van der Waals surface area contributed by atoms with Gasteiger partial charge < -0.3 is 15.5 Å². The second kappa shape index (κ2) is 9.89. The third-order valence-electron chi connectivity index (χ3n) is 5.34. The second-order valence-corrected chi connectivity index (χ2v) is 9.04. The third kappa shape index (κ3) is 5.48. The summed E-state index contributed by atoms with van der Waals surface area (Å²) in [5.74, 6) is -0.403. The maximum Gasteiger partial charge on any atom is 0.262 e. The van der Waals surface area contributed by atoms with E-state index >= 15 is 0 Å². The lowest BCUT2D eigenvalue weighted by molar-refractivity contribution is -0.125. The lowest BCUT2D eigenvalue weighted by Crippen LogP contribution is -2.54. The smallest absolute Gasteiger partial charge is 0.262 e. The molecule has 30 heavy (non-hydrogen) atoms.